The van der Waals surface area contributed by atoms with E-state index >= 15 is 0 Å². The van der Waals surface area contributed by atoms with Crippen molar-refractivity contribution in [3.05, 3.63) is 28.8 Å². The molecule has 0 spiro atoms. The largest absolute Gasteiger partial charge is 0.460 e. The molecule has 4 nitrogen and oxygen atoms in total. The molecule has 0 fully saturated rings. The van der Waals surface area contributed by atoms with E-state index in [4.69, 9.17) is 21.1 Å². The smallest absolute Gasteiger partial charge is 0.341 e. The van der Waals surface area contributed by atoms with Crippen molar-refractivity contribution in [3.63, 3.8) is 0 Å². The number of carbonyl (C=O) groups is 1. The number of hydrogen-bond acceptors (Lipinski definition) is 4. The second kappa shape index (κ2) is 6.11. The van der Waals surface area contributed by atoms with Crippen LogP contribution in [0.3, 0.4) is 0 Å². The third-order valence-corrected chi connectivity index (χ3v) is 2.18. The van der Waals surface area contributed by atoms with Gasteiger partial charge >= 0.3 is 5.97 Å². The molecule has 6 heteroatoms. The van der Waals surface area contributed by atoms with Gasteiger partial charge in [-0.3, -0.25) is 0 Å². The predicted octanol–water partition coefficient (Wildman–Crippen LogP) is 2.85. The Morgan fingerprint density at radius 1 is 1.44 bits per heavy atom. The normalized spacial score (nSPS) is 11.4. The van der Waals surface area contributed by atoms with Crippen molar-refractivity contribution in [3.8, 4) is 0 Å². The highest BCUT2D eigenvalue weighted by Gasteiger charge is 2.15. The molecule has 100 valence electrons. The molecule has 1 heterocycles. The number of carbonyl (C=O) groups excluding carboxylic acids is 1. The maximum Gasteiger partial charge on any atom is 0.341 e. The maximum atomic E-state index is 12.9. The van der Waals surface area contributed by atoms with Gasteiger partial charge < -0.3 is 9.47 Å². The Balaban J connectivity index is 2.48. The van der Waals surface area contributed by atoms with Crippen molar-refractivity contribution in [2.45, 2.75) is 26.4 Å². The van der Waals surface area contributed by atoms with Crippen LogP contribution in [0.1, 0.15) is 31.1 Å². The first-order chi connectivity index (χ1) is 8.29. The number of pyridine rings is 1. The number of esters is 1. The number of halogens is 2. The highest BCUT2D eigenvalue weighted by atomic mass is 35.5. The van der Waals surface area contributed by atoms with Crippen LogP contribution < -0.4 is 0 Å². The Kier molecular flexibility index (Phi) is 5.04. The average Bonchev–Trinajstić information content (AvgIpc) is 2.26. The Hall–Kier alpha value is -1.20. The Labute approximate surface area is 110 Å². The molecule has 0 aromatic carbocycles. The van der Waals surface area contributed by atoms with E-state index in [0.29, 0.717) is 0 Å². The molecular weight excluding hydrogens is 261 g/mol. The van der Waals surface area contributed by atoms with E-state index < -0.39 is 11.8 Å². The minimum absolute atomic E-state index is 0.0724. The monoisotopic (exact) mass is 275 g/mol. The summed E-state index contributed by atoms with van der Waals surface area (Å²) in [5.74, 6) is -1.36. The third-order valence-electron chi connectivity index (χ3n) is 1.88. The van der Waals surface area contributed by atoms with E-state index in [-0.39, 0.29) is 29.5 Å². The molecule has 1 aromatic rings. The SMILES string of the molecule is CC(C)(C)OCCOC(=O)c1cc(F)cnc1Cl. The van der Waals surface area contributed by atoms with Crippen LogP contribution in [-0.2, 0) is 9.47 Å². The molecule has 0 amide bonds. The number of aromatic nitrogens is 1. The highest BCUT2D eigenvalue weighted by Crippen LogP contribution is 2.15. The molecule has 0 radical (unpaired) electrons. The molecule has 1 rings (SSSR count). The lowest BCUT2D eigenvalue weighted by Crippen LogP contribution is -2.22. The predicted molar refractivity (Wildman–Crippen MR) is 65.2 cm³/mol. The summed E-state index contributed by atoms with van der Waals surface area (Å²) in [5.41, 5.74) is -0.391. The van der Waals surface area contributed by atoms with Gasteiger partial charge in [-0.15, -0.1) is 0 Å². The van der Waals surface area contributed by atoms with Gasteiger partial charge in [0.2, 0.25) is 0 Å². The van der Waals surface area contributed by atoms with Crippen LogP contribution in [0.5, 0.6) is 0 Å². The zero-order valence-electron chi connectivity index (χ0n) is 10.5. The average molecular weight is 276 g/mol. The molecule has 0 aliphatic rings. The van der Waals surface area contributed by atoms with Gasteiger partial charge in [0, 0.05) is 0 Å². The highest BCUT2D eigenvalue weighted by molar-refractivity contribution is 6.32. The zero-order valence-corrected chi connectivity index (χ0v) is 11.3. The summed E-state index contributed by atoms with van der Waals surface area (Å²) >= 11 is 5.67. The van der Waals surface area contributed by atoms with Gasteiger partial charge in [-0.2, -0.15) is 0 Å². The van der Waals surface area contributed by atoms with Gasteiger partial charge in [-0.25, -0.2) is 14.2 Å². The molecule has 0 unspecified atom stereocenters. The first-order valence-electron chi connectivity index (χ1n) is 5.42. The minimum atomic E-state index is -0.718. The fourth-order valence-electron chi connectivity index (χ4n) is 1.13. The Morgan fingerprint density at radius 3 is 2.72 bits per heavy atom. The number of nitrogens with zero attached hydrogens (tertiary/aromatic N) is 1. The Bertz CT molecular complexity index is 432. The summed E-state index contributed by atoms with van der Waals surface area (Å²) in [6.45, 7) is 6.01. The van der Waals surface area contributed by atoms with Crippen molar-refractivity contribution in [2.75, 3.05) is 13.2 Å². The third kappa shape index (κ3) is 4.98. The van der Waals surface area contributed by atoms with Gasteiger partial charge in [-0.05, 0) is 26.8 Å². The number of rotatable bonds is 4. The van der Waals surface area contributed by atoms with Crippen LogP contribution in [0, 0.1) is 5.82 Å². The van der Waals surface area contributed by atoms with Crippen LogP contribution in [0.4, 0.5) is 4.39 Å². The van der Waals surface area contributed by atoms with Crippen LogP contribution in [0.15, 0.2) is 12.3 Å². The lowest BCUT2D eigenvalue weighted by molar-refractivity contribution is -0.0281. The van der Waals surface area contributed by atoms with Gasteiger partial charge in [0.25, 0.3) is 0 Å². The summed E-state index contributed by atoms with van der Waals surface area (Å²) in [6, 6.07) is 0.988. The summed E-state index contributed by atoms with van der Waals surface area (Å²) < 4.78 is 23.2. The van der Waals surface area contributed by atoms with E-state index in [1.54, 1.807) is 0 Å². The van der Waals surface area contributed by atoms with Gasteiger partial charge in [0.1, 0.15) is 17.6 Å². The molecule has 0 bridgehead atoms. The molecule has 0 atom stereocenters. The van der Waals surface area contributed by atoms with E-state index in [1.807, 2.05) is 20.8 Å². The van der Waals surface area contributed by atoms with E-state index in [1.165, 1.54) is 0 Å². The molecule has 18 heavy (non-hydrogen) atoms. The lowest BCUT2D eigenvalue weighted by atomic mass is 10.2. The summed E-state index contributed by atoms with van der Waals surface area (Å²) in [5, 5.41) is -0.0851. The first kappa shape index (κ1) is 14.9. The van der Waals surface area contributed by atoms with Crippen molar-refractivity contribution in [2.24, 2.45) is 0 Å². The molecule has 0 aliphatic carbocycles. The summed E-state index contributed by atoms with van der Waals surface area (Å²) in [6.07, 6.45) is 0.932. The quantitative estimate of drug-likeness (QED) is 0.482. The van der Waals surface area contributed by atoms with Gasteiger partial charge in [0.05, 0.1) is 24.0 Å². The maximum absolute atomic E-state index is 12.9. The summed E-state index contributed by atoms with van der Waals surface area (Å²) in [4.78, 5) is 15.1. The van der Waals surface area contributed by atoms with Crippen LogP contribution in [-0.4, -0.2) is 29.8 Å². The van der Waals surface area contributed by atoms with Crippen molar-refractivity contribution in [1.29, 1.82) is 0 Å². The fraction of sp³-hybridized carbons (Fsp3) is 0.500. The van der Waals surface area contributed by atoms with Gasteiger partial charge in [-0.1, -0.05) is 11.6 Å². The lowest BCUT2D eigenvalue weighted by Gasteiger charge is -2.19. The van der Waals surface area contributed by atoms with Crippen LogP contribution >= 0.6 is 11.6 Å². The summed E-state index contributed by atoms with van der Waals surface area (Å²) in [7, 11) is 0. The van der Waals surface area contributed by atoms with Gasteiger partial charge in [0.15, 0.2) is 0 Å². The van der Waals surface area contributed by atoms with E-state index in [2.05, 4.69) is 4.98 Å². The zero-order chi connectivity index (χ0) is 13.8. The van der Waals surface area contributed by atoms with Crippen LogP contribution in [0.2, 0.25) is 5.15 Å². The Morgan fingerprint density at radius 2 is 2.11 bits per heavy atom. The standard InChI is InChI=1S/C12H15ClFNO3/c1-12(2,3)18-5-4-17-11(16)9-6-8(14)7-15-10(9)13/h6-7H,4-5H2,1-3H3. The molecule has 0 aliphatic heterocycles. The van der Waals surface area contributed by atoms with Crippen molar-refractivity contribution in [1.82, 2.24) is 4.98 Å². The van der Waals surface area contributed by atoms with Crippen molar-refractivity contribution < 1.29 is 18.7 Å². The second-order valence-electron chi connectivity index (χ2n) is 4.59. The minimum Gasteiger partial charge on any atom is -0.460 e. The molecule has 0 saturated carbocycles. The topological polar surface area (TPSA) is 48.4 Å². The number of ether oxygens (including phenoxy) is 2. The van der Waals surface area contributed by atoms with Crippen molar-refractivity contribution >= 4 is 17.6 Å². The van der Waals surface area contributed by atoms with E-state index in [9.17, 15) is 9.18 Å². The first-order valence-corrected chi connectivity index (χ1v) is 5.79. The fourth-order valence-corrected chi connectivity index (χ4v) is 1.31. The molecule has 1 aromatic heterocycles. The molecular formula is C12H15ClFNO3. The van der Waals surface area contributed by atoms with Crippen LogP contribution in [0.25, 0.3) is 0 Å². The molecule has 0 saturated heterocycles. The number of hydrogen-bond donors (Lipinski definition) is 0. The molecule has 0 N–H and O–H groups in total. The second-order valence-corrected chi connectivity index (χ2v) is 4.95. The van der Waals surface area contributed by atoms with E-state index in [0.717, 1.165) is 12.3 Å².